The molecule has 2 N–H and O–H groups in total. The molecule has 1 amide bonds. The quantitative estimate of drug-likeness (QED) is 0.310. The van der Waals surface area contributed by atoms with Crippen LogP contribution in [0.2, 0.25) is 0 Å². The Labute approximate surface area is 245 Å². The van der Waals surface area contributed by atoms with Gasteiger partial charge in [-0.2, -0.15) is 26.3 Å². The minimum absolute atomic E-state index is 0.00529. The van der Waals surface area contributed by atoms with Crippen molar-refractivity contribution in [1.82, 2.24) is 24.4 Å². The zero-order valence-corrected chi connectivity index (χ0v) is 22.4. The fraction of sp³-hybridized carbons (Fsp3) is 0.214. The molecule has 0 saturated carbocycles. The van der Waals surface area contributed by atoms with Crippen molar-refractivity contribution in [2.75, 3.05) is 6.54 Å². The van der Waals surface area contributed by atoms with Gasteiger partial charge in [0, 0.05) is 44.1 Å². The lowest BCUT2D eigenvalue weighted by molar-refractivity contribution is -0.193. The van der Waals surface area contributed by atoms with E-state index in [2.05, 4.69) is 38.8 Å². The van der Waals surface area contributed by atoms with Gasteiger partial charge in [0.1, 0.15) is 11.5 Å². The largest absolute Gasteiger partial charge is 0.490 e. The highest BCUT2D eigenvalue weighted by atomic mass is 19.4. The molecule has 1 aliphatic rings. The van der Waals surface area contributed by atoms with Gasteiger partial charge >= 0.3 is 24.3 Å². The SMILES string of the molecule is O=C(O)C(F)(F)F.O=C(O)C(F)(F)F.O=C(c1ccccn1)N1Cc2ccccc2C(c2nccn2Cc2cccnc2)C1. The van der Waals surface area contributed by atoms with Gasteiger partial charge in [-0.25, -0.2) is 14.6 Å². The number of rotatable bonds is 4. The molecule has 1 aliphatic heterocycles. The highest BCUT2D eigenvalue weighted by molar-refractivity contribution is 5.92. The third-order valence-electron chi connectivity index (χ3n) is 5.99. The van der Waals surface area contributed by atoms with Crippen molar-refractivity contribution >= 4 is 17.8 Å². The average molecular weight is 624 g/mol. The number of hydrogen-bond acceptors (Lipinski definition) is 6. The predicted octanol–water partition coefficient (Wildman–Crippen LogP) is 4.78. The number of nitrogens with zero attached hydrogens (tertiary/aromatic N) is 5. The average Bonchev–Trinajstić information content (AvgIpc) is 3.44. The molecular weight excluding hydrogens is 600 g/mol. The number of carboxylic acids is 2. The first kappa shape index (κ1) is 33.2. The number of carbonyl (C=O) groups is 3. The lowest BCUT2D eigenvalue weighted by Crippen LogP contribution is -2.39. The maximum Gasteiger partial charge on any atom is 0.490 e. The molecule has 1 aromatic carbocycles. The van der Waals surface area contributed by atoms with Gasteiger partial charge < -0.3 is 19.7 Å². The Hall–Kier alpha value is -5.28. The summed E-state index contributed by atoms with van der Waals surface area (Å²) in [5.74, 6) is -4.63. The van der Waals surface area contributed by atoms with Gasteiger partial charge in [0.2, 0.25) is 0 Å². The van der Waals surface area contributed by atoms with E-state index in [1.807, 2.05) is 47.8 Å². The van der Waals surface area contributed by atoms with E-state index in [0.717, 1.165) is 17.0 Å². The number of halogens is 6. The molecule has 3 aromatic heterocycles. The first-order valence-corrected chi connectivity index (χ1v) is 12.5. The van der Waals surface area contributed by atoms with Crippen LogP contribution in [-0.2, 0) is 22.7 Å². The van der Waals surface area contributed by atoms with Crippen LogP contribution in [0.1, 0.15) is 38.9 Å². The van der Waals surface area contributed by atoms with Gasteiger partial charge in [-0.15, -0.1) is 0 Å². The molecule has 10 nitrogen and oxygen atoms in total. The Morgan fingerprint density at radius 2 is 1.45 bits per heavy atom. The monoisotopic (exact) mass is 623 g/mol. The summed E-state index contributed by atoms with van der Waals surface area (Å²) >= 11 is 0. The molecule has 1 unspecified atom stereocenters. The van der Waals surface area contributed by atoms with Gasteiger partial charge in [0.15, 0.2) is 0 Å². The number of amides is 1. The van der Waals surface area contributed by atoms with E-state index in [1.54, 1.807) is 18.5 Å². The van der Waals surface area contributed by atoms with E-state index in [4.69, 9.17) is 24.8 Å². The maximum absolute atomic E-state index is 13.1. The number of carbonyl (C=O) groups excluding carboxylic acids is 1. The summed E-state index contributed by atoms with van der Waals surface area (Å²) in [6.07, 6.45) is -1.05. The number of hydrogen-bond donors (Lipinski definition) is 2. The van der Waals surface area contributed by atoms with Crippen molar-refractivity contribution in [1.29, 1.82) is 0 Å². The second-order valence-electron chi connectivity index (χ2n) is 9.03. The van der Waals surface area contributed by atoms with Gasteiger partial charge in [0.25, 0.3) is 5.91 Å². The Morgan fingerprint density at radius 3 is 2.02 bits per heavy atom. The first-order chi connectivity index (χ1) is 20.7. The van der Waals surface area contributed by atoms with Gasteiger partial charge in [-0.05, 0) is 34.9 Å². The maximum atomic E-state index is 13.1. The zero-order valence-electron chi connectivity index (χ0n) is 22.4. The van der Waals surface area contributed by atoms with Crippen molar-refractivity contribution < 1.29 is 50.9 Å². The molecule has 0 spiro atoms. The lowest BCUT2D eigenvalue weighted by atomic mass is 9.88. The Morgan fingerprint density at radius 1 is 0.818 bits per heavy atom. The molecular formula is C28H23F6N5O5. The van der Waals surface area contributed by atoms with E-state index in [1.165, 1.54) is 5.56 Å². The van der Waals surface area contributed by atoms with Gasteiger partial charge in [0.05, 0.1) is 12.5 Å². The van der Waals surface area contributed by atoms with E-state index >= 15 is 0 Å². The summed E-state index contributed by atoms with van der Waals surface area (Å²) in [5.41, 5.74) is 3.95. The van der Waals surface area contributed by atoms with E-state index in [0.29, 0.717) is 25.3 Å². The number of aliphatic carboxylic acids is 2. The highest BCUT2D eigenvalue weighted by Gasteiger charge is 2.39. The normalized spacial score (nSPS) is 14.2. The molecule has 0 fully saturated rings. The summed E-state index contributed by atoms with van der Waals surface area (Å²) < 4.78 is 65.6. The first-order valence-electron chi connectivity index (χ1n) is 12.5. The van der Waals surface area contributed by atoms with Crippen molar-refractivity contribution in [3.63, 3.8) is 0 Å². The van der Waals surface area contributed by atoms with Crippen LogP contribution >= 0.6 is 0 Å². The second kappa shape index (κ2) is 14.3. The van der Waals surface area contributed by atoms with E-state index in [-0.39, 0.29) is 11.8 Å². The molecule has 0 aliphatic carbocycles. The molecule has 4 heterocycles. The van der Waals surface area contributed by atoms with Crippen LogP contribution in [0.25, 0.3) is 0 Å². The number of fused-ring (bicyclic) bond motifs is 1. The standard InChI is InChI=1S/C24H21N5O.2C2HF3O2/c30-24(22-9-3-4-11-26-22)29-16-19-7-1-2-8-20(19)21(17-29)23-27-12-13-28(23)15-18-6-5-10-25-14-18;2*3-2(4,5)1(6)7/h1-14,21H,15-17H2;2*(H,6,7). The Kier molecular flexibility index (Phi) is 10.8. The molecule has 5 rings (SSSR count). The van der Waals surface area contributed by atoms with E-state index < -0.39 is 24.3 Å². The molecule has 16 heteroatoms. The van der Waals surface area contributed by atoms with Gasteiger partial charge in [-0.1, -0.05) is 36.4 Å². The number of alkyl halides is 6. The molecule has 232 valence electrons. The summed E-state index contributed by atoms with van der Waals surface area (Å²) in [7, 11) is 0. The number of imidazole rings is 1. The minimum Gasteiger partial charge on any atom is -0.475 e. The number of carboxylic acid groups (broad SMARTS) is 2. The molecule has 1 atom stereocenters. The number of pyridine rings is 2. The molecule has 0 bridgehead atoms. The summed E-state index contributed by atoms with van der Waals surface area (Å²) in [6, 6.07) is 17.7. The lowest BCUT2D eigenvalue weighted by Gasteiger charge is -2.34. The smallest absolute Gasteiger partial charge is 0.475 e. The number of benzene rings is 1. The summed E-state index contributed by atoms with van der Waals surface area (Å²) in [4.78, 5) is 46.0. The molecule has 0 radical (unpaired) electrons. The van der Waals surface area contributed by atoms with Crippen LogP contribution in [0, 0.1) is 0 Å². The third kappa shape index (κ3) is 9.11. The topological polar surface area (TPSA) is 139 Å². The predicted molar refractivity (Wildman–Crippen MR) is 140 cm³/mol. The van der Waals surface area contributed by atoms with Crippen LogP contribution in [-0.4, -0.2) is 71.4 Å². The zero-order chi connectivity index (χ0) is 32.5. The Balaban J connectivity index is 0.000000317. The van der Waals surface area contributed by atoms with Crippen molar-refractivity contribution in [2.24, 2.45) is 0 Å². The van der Waals surface area contributed by atoms with Crippen LogP contribution in [0.3, 0.4) is 0 Å². The molecule has 44 heavy (non-hydrogen) atoms. The molecule has 0 saturated heterocycles. The van der Waals surface area contributed by atoms with Crippen molar-refractivity contribution in [2.45, 2.75) is 31.4 Å². The van der Waals surface area contributed by atoms with E-state index in [9.17, 15) is 31.1 Å². The van der Waals surface area contributed by atoms with Crippen LogP contribution in [0.15, 0.2) is 85.6 Å². The highest BCUT2D eigenvalue weighted by Crippen LogP contribution is 2.33. The molecule has 4 aromatic rings. The third-order valence-corrected chi connectivity index (χ3v) is 5.99. The second-order valence-corrected chi connectivity index (χ2v) is 9.03. The van der Waals surface area contributed by atoms with Crippen LogP contribution in [0.4, 0.5) is 26.3 Å². The number of aromatic nitrogens is 4. The summed E-state index contributed by atoms with van der Waals surface area (Å²) in [6.45, 7) is 1.83. The fourth-order valence-electron chi connectivity index (χ4n) is 4.09. The van der Waals surface area contributed by atoms with Gasteiger partial charge in [-0.3, -0.25) is 14.8 Å². The minimum atomic E-state index is -5.08. The fourth-order valence-corrected chi connectivity index (χ4v) is 4.09. The Bertz CT molecular complexity index is 1540. The summed E-state index contributed by atoms with van der Waals surface area (Å²) in [5, 5.41) is 14.2. The van der Waals surface area contributed by atoms with Crippen LogP contribution < -0.4 is 0 Å². The van der Waals surface area contributed by atoms with Crippen molar-refractivity contribution in [3.05, 3.63) is 114 Å². The van der Waals surface area contributed by atoms with Crippen LogP contribution in [0.5, 0.6) is 0 Å². The van der Waals surface area contributed by atoms with Crippen molar-refractivity contribution in [3.8, 4) is 0 Å².